The Labute approximate surface area is 114 Å². The van der Waals surface area contributed by atoms with Crippen molar-refractivity contribution in [3.63, 3.8) is 0 Å². The lowest BCUT2D eigenvalue weighted by Gasteiger charge is -2.20. The average Bonchev–Trinajstić information content (AvgIpc) is 2.92. The summed E-state index contributed by atoms with van der Waals surface area (Å²) < 4.78 is 0. The van der Waals surface area contributed by atoms with Crippen LogP contribution < -0.4 is 4.90 Å². The fourth-order valence-corrected chi connectivity index (χ4v) is 2.50. The Morgan fingerprint density at radius 2 is 1.80 bits per heavy atom. The van der Waals surface area contributed by atoms with Gasteiger partial charge in [-0.15, -0.1) is 0 Å². The van der Waals surface area contributed by atoms with Gasteiger partial charge in [0.15, 0.2) is 0 Å². The van der Waals surface area contributed by atoms with Gasteiger partial charge in [-0.05, 0) is 12.8 Å². The van der Waals surface area contributed by atoms with E-state index >= 15 is 0 Å². The molecule has 2 rings (SSSR count). The maximum Gasteiger partial charge on any atom is 0.281 e. The molecule has 0 bridgehead atoms. The van der Waals surface area contributed by atoms with Crippen LogP contribution in [0.15, 0.2) is 12.1 Å². The van der Waals surface area contributed by atoms with Crippen molar-refractivity contribution >= 4 is 17.1 Å². The summed E-state index contributed by atoms with van der Waals surface area (Å²) in [6.07, 6.45) is 2.02. The zero-order valence-corrected chi connectivity index (χ0v) is 10.8. The summed E-state index contributed by atoms with van der Waals surface area (Å²) in [5.41, 5.74) is 0.276. The highest BCUT2D eigenvalue weighted by Gasteiger charge is 2.27. The Balaban J connectivity index is 2.59. The second kappa shape index (κ2) is 5.83. The highest BCUT2D eigenvalue weighted by molar-refractivity contribution is 5.68. The second-order valence-corrected chi connectivity index (χ2v) is 4.64. The minimum Gasteiger partial charge on any atom is -0.396 e. The van der Waals surface area contributed by atoms with Crippen molar-refractivity contribution in [3.05, 3.63) is 37.9 Å². The first-order valence-corrected chi connectivity index (χ1v) is 6.36. The molecule has 1 fully saturated rings. The fraction of sp³-hybridized carbons (Fsp3) is 0.500. The van der Waals surface area contributed by atoms with Crippen molar-refractivity contribution in [3.8, 4) is 0 Å². The van der Waals surface area contributed by atoms with Gasteiger partial charge < -0.3 is 10.0 Å². The van der Waals surface area contributed by atoms with Gasteiger partial charge >= 0.3 is 0 Å². The predicted molar refractivity (Wildman–Crippen MR) is 72.0 cm³/mol. The third kappa shape index (κ3) is 2.69. The van der Waals surface area contributed by atoms with Gasteiger partial charge in [-0.25, -0.2) is 0 Å². The van der Waals surface area contributed by atoms with Crippen LogP contribution >= 0.6 is 0 Å². The number of aliphatic hydroxyl groups excluding tert-OH is 1. The number of aliphatic hydroxyl groups is 1. The number of nitro benzene ring substituents is 2. The summed E-state index contributed by atoms with van der Waals surface area (Å²) in [6, 6.07) is 2.33. The standard InChI is InChI=1S/C12H15N3O5/c16-6-3-10-11(13-4-1-2-5-13)7-9(14(17)18)8-12(10)15(19)20/h7-8,16H,1-6H2. The van der Waals surface area contributed by atoms with Gasteiger partial charge in [0.25, 0.3) is 11.4 Å². The number of non-ortho nitro benzene ring substituents is 1. The van der Waals surface area contributed by atoms with Crippen LogP contribution in [0.2, 0.25) is 0 Å². The van der Waals surface area contributed by atoms with Crippen LogP contribution in [0.5, 0.6) is 0 Å². The average molecular weight is 281 g/mol. The van der Waals surface area contributed by atoms with Crippen LogP contribution in [-0.4, -0.2) is 34.6 Å². The summed E-state index contributed by atoms with van der Waals surface area (Å²) >= 11 is 0. The Hall–Kier alpha value is -2.22. The van der Waals surface area contributed by atoms with E-state index in [1.54, 1.807) is 0 Å². The van der Waals surface area contributed by atoms with Crippen LogP contribution in [0.25, 0.3) is 0 Å². The molecule has 1 aliphatic rings. The van der Waals surface area contributed by atoms with E-state index in [4.69, 9.17) is 5.11 Å². The molecule has 1 N–H and O–H groups in total. The molecule has 8 heteroatoms. The van der Waals surface area contributed by atoms with Gasteiger partial charge in [0.2, 0.25) is 0 Å². The molecule has 108 valence electrons. The molecule has 1 aromatic rings. The zero-order valence-electron chi connectivity index (χ0n) is 10.8. The summed E-state index contributed by atoms with van der Waals surface area (Å²) in [4.78, 5) is 22.7. The molecule has 1 saturated heterocycles. The molecule has 1 aromatic carbocycles. The Bertz CT molecular complexity index is 540. The Morgan fingerprint density at radius 1 is 1.15 bits per heavy atom. The lowest BCUT2D eigenvalue weighted by molar-refractivity contribution is -0.394. The van der Waals surface area contributed by atoms with Gasteiger partial charge in [-0.3, -0.25) is 20.2 Å². The summed E-state index contributed by atoms with van der Waals surface area (Å²) in [5.74, 6) is 0. The van der Waals surface area contributed by atoms with E-state index in [0.29, 0.717) is 11.3 Å². The number of nitrogens with zero attached hydrogens (tertiary/aromatic N) is 3. The third-order valence-corrected chi connectivity index (χ3v) is 3.40. The molecular weight excluding hydrogens is 266 g/mol. The second-order valence-electron chi connectivity index (χ2n) is 4.64. The minimum atomic E-state index is -0.630. The van der Waals surface area contributed by atoms with E-state index in [-0.39, 0.29) is 24.4 Å². The molecule has 0 aromatic heterocycles. The zero-order chi connectivity index (χ0) is 14.7. The molecule has 0 amide bonds. The van der Waals surface area contributed by atoms with Crippen molar-refractivity contribution in [1.82, 2.24) is 0 Å². The number of rotatable bonds is 5. The molecule has 8 nitrogen and oxygen atoms in total. The molecule has 0 aliphatic carbocycles. The van der Waals surface area contributed by atoms with Crippen molar-refractivity contribution in [2.75, 3.05) is 24.6 Å². The summed E-state index contributed by atoms with van der Waals surface area (Å²) in [6.45, 7) is 1.20. The number of hydrogen-bond donors (Lipinski definition) is 1. The van der Waals surface area contributed by atoms with Gasteiger partial charge in [-0.1, -0.05) is 0 Å². The van der Waals surface area contributed by atoms with Crippen LogP contribution in [0, 0.1) is 20.2 Å². The molecule has 0 unspecified atom stereocenters. The molecule has 0 saturated carbocycles. The highest BCUT2D eigenvalue weighted by atomic mass is 16.6. The number of benzene rings is 1. The van der Waals surface area contributed by atoms with Crippen molar-refractivity contribution in [2.24, 2.45) is 0 Å². The minimum absolute atomic E-state index is 0.111. The van der Waals surface area contributed by atoms with E-state index in [1.807, 2.05) is 4.90 Å². The molecule has 1 aliphatic heterocycles. The van der Waals surface area contributed by atoms with E-state index < -0.39 is 9.85 Å². The van der Waals surface area contributed by atoms with Crippen molar-refractivity contribution in [2.45, 2.75) is 19.3 Å². The Morgan fingerprint density at radius 3 is 2.30 bits per heavy atom. The van der Waals surface area contributed by atoms with E-state index in [0.717, 1.165) is 32.0 Å². The maximum atomic E-state index is 11.1. The molecular formula is C12H15N3O5. The fourth-order valence-electron chi connectivity index (χ4n) is 2.50. The maximum absolute atomic E-state index is 11.1. The first-order valence-electron chi connectivity index (χ1n) is 6.36. The highest BCUT2D eigenvalue weighted by Crippen LogP contribution is 2.36. The van der Waals surface area contributed by atoms with Crippen LogP contribution in [0.1, 0.15) is 18.4 Å². The molecule has 20 heavy (non-hydrogen) atoms. The Kier molecular flexibility index (Phi) is 4.14. The predicted octanol–water partition coefficient (Wildman–Crippen LogP) is 1.64. The summed E-state index contributed by atoms with van der Waals surface area (Å²) in [5, 5.41) is 31.1. The first kappa shape index (κ1) is 14.2. The largest absolute Gasteiger partial charge is 0.396 e. The van der Waals surface area contributed by atoms with Gasteiger partial charge in [0.1, 0.15) is 0 Å². The van der Waals surface area contributed by atoms with E-state index in [2.05, 4.69) is 0 Å². The lowest BCUT2D eigenvalue weighted by atomic mass is 10.1. The van der Waals surface area contributed by atoms with E-state index in [1.165, 1.54) is 6.07 Å². The first-order chi connectivity index (χ1) is 9.54. The van der Waals surface area contributed by atoms with Crippen LogP contribution in [0.4, 0.5) is 17.1 Å². The molecule has 0 radical (unpaired) electrons. The third-order valence-electron chi connectivity index (χ3n) is 3.40. The van der Waals surface area contributed by atoms with Gasteiger partial charge in [-0.2, -0.15) is 0 Å². The van der Waals surface area contributed by atoms with E-state index in [9.17, 15) is 20.2 Å². The topological polar surface area (TPSA) is 110 Å². The lowest BCUT2D eigenvalue weighted by Crippen LogP contribution is -2.20. The van der Waals surface area contributed by atoms with Gasteiger partial charge in [0, 0.05) is 32.2 Å². The van der Waals surface area contributed by atoms with Crippen molar-refractivity contribution in [1.29, 1.82) is 0 Å². The molecule has 0 spiro atoms. The number of anilines is 1. The molecule has 1 heterocycles. The van der Waals surface area contributed by atoms with Gasteiger partial charge in [0.05, 0.1) is 27.2 Å². The summed E-state index contributed by atoms with van der Waals surface area (Å²) in [7, 11) is 0. The monoisotopic (exact) mass is 281 g/mol. The van der Waals surface area contributed by atoms with Crippen molar-refractivity contribution < 1.29 is 15.0 Å². The smallest absolute Gasteiger partial charge is 0.281 e. The van der Waals surface area contributed by atoms with Crippen LogP contribution in [0.3, 0.4) is 0 Å². The SMILES string of the molecule is O=[N+]([O-])c1cc(N2CCCC2)c(CCO)c([N+](=O)[O-])c1. The number of nitro groups is 2. The normalized spacial score (nSPS) is 14.6. The van der Waals surface area contributed by atoms with Crippen LogP contribution in [-0.2, 0) is 6.42 Å². The quantitative estimate of drug-likeness (QED) is 0.649. The molecule has 0 atom stereocenters. The number of hydrogen-bond acceptors (Lipinski definition) is 6.